The molecule has 0 unspecified atom stereocenters. The molecule has 0 aliphatic carbocycles. The van der Waals surface area contributed by atoms with Crippen molar-refractivity contribution < 1.29 is 14.0 Å². The third-order valence-corrected chi connectivity index (χ3v) is 5.72. The Hall–Kier alpha value is -2.67. The molecule has 0 saturated carbocycles. The molecule has 3 amide bonds. The van der Waals surface area contributed by atoms with Gasteiger partial charge in [-0.3, -0.25) is 4.79 Å². The quantitative estimate of drug-likeness (QED) is 0.413. The minimum Gasteiger partial charge on any atom is -0.338 e. The summed E-state index contributed by atoms with van der Waals surface area (Å²) in [6.45, 7) is 9.36. The van der Waals surface area contributed by atoms with Gasteiger partial charge in [0.05, 0.1) is 6.54 Å². The molecule has 1 aromatic heterocycles. The van der Waals surface area contributed by atoms with Crippen molar-refractivity contribution in [3.8, 4) is 0 Å². The molecule has 2 rings (SSSR count). The van der Waals surface area contributed by atoms with Gasteiger partial charge in [-0.1, -0.05) is 31.6 Å². The summed E-state index contributed by atoms with van der Waals surface area (Å²) >= 11 is 1.59. The lowest BCUT2D eigenvalue weighted by atomic mass is 10.2. The van der Waals surface area contributed by atoms with E-state index in [2.05, 4.69) is 18.8 Å². The fourth-order valence-corrected chi connectivity index (χ4v) is 3.82. The van der Waals surface area contributed by atoms with Gasteiger partial charge in [-0.05, 0) is 48.1 Å². The number of unbranched alkanes of at least 4 members (excludes halogenated alkanes) is 1. The summed E-state index contributed by atoms with van der Waals surface area (Å²) in [6.07, 6.45) is 3.47. The Morgan fingerprint density at radius 1 is 1.17 bits per heavy atom. The van der Waals surface area contributed by atoms with E-state index in [0.717, 1.165) is 28.8 Å². The average molecular weight is 432 g/mol. The SMILES string of the molecule is C=CCN(CC(=O)N(Cc1ccc(F)cc1)Cc1sccc1C)C(=O)NCCCC. The van der Waals surface area contributed by atoms with Crippen LogP contribution in [-0.2, 0) is 17.9 Å². The van der Waals surface area contributed by atoms with Crippen molar-refractivity contribution in [1.82, 2.24) is 15.1 Å². The minimum absolute atomic E-state index is 0.0460. The molecule has 7 heteroatoms. The Kier molecular flexibility index (Phi) is 9.54. The standard InChI is InChI=1S/C23H30FN3O2S/c1-4-6-12-25-23(29)26(13-5-2)17-22(28)27(16-21-18(3)11-14-30-21)15-19-7-9-20(24)10-8-19/h5,7-11,14H,2,4,6,12-13,15-17H2,1,3H3,(H,25,29). The largest absolute Gasteiger partial charge is 0.338 e. The first kappa shape index (κ1) is 23.6. The molecule has 1 heterocycles. The van der Waals surface area contributed by atoms with Crippen LogP contribution in [0.2, 0.25) is 0 Å². The number of carbonyl (C=O) groups is 2. The van der Waals surface area contributed by atoms with Crippen molar-refractivity contribution in [3.05, 3.63) is 70.2 Å². The lowest BCUT2D eigenvalue weighted by Gasteiger charge is -2.27. The van der Waals surface area contributed by atoms with E-state index in [0.29, 0.717) is 19.6 Å². The number of carbonyl (C=O) groups excluding carboxylic acids is 2. The second kappa shape index (κ2) is 12.1. The average Bonchev–Trinajstić information content (AvgIpc) is 3.13. The molecule has 0 fully saturated rings. The molecule has 30 heavy (non-hydrogen) atoms. The fourth-order valence-electron chi connectivity index (χ4n) is 2.90. The highest BCUT2D eigenvalue weighted by Gasteiger charge is 2.22. The topological polar surface area (TPSA) is 52.7 Å². The minimum atomic E-state index is -0.313. The number of hydrogen-bond donors (Lipinski definition) is 1. The van der Waals surface area contributed by atoms with E-state index >= 15 is 0 Å². The van der Waals surface area contributed by atoms with Crippen molar-refractivity contribution in [2.24, 2.45) is 0 Å². The molecule has 0 atom stereocenters. The number of amides is 3. The maximum atomic E-state index is 13.3. The zero-order valence-corrected chi connectivity index (χ0v) is 18.5. The number of benzene rings is 1. The van der Waals surface area contributed by atoms with Gasteiger partial charge in [0.15, 0.2) is 0 Å². The molecule has 0 bridgehead atoms. The van der Waals surface area contributed by atoms with E-state index in [1.54, 1.807) is 34.4 Å². The number of hydrogen-bond acceptors (Lipinski definition) is 3. The summed E-state index contributed by atoms with van der Waals surface area (Å²) in [6, 6.07) is 7.88. The smallest absolute Gasteiger partial charge is 0.318 e. The molecule has 0 spiro atoms. The van der Waals surface area contributed by atoms with E-state index in [9.17, 15) is 14.0 Å². The number of rotatable bonds is 11. The van der Waals surface area contributed by atoms with Crippen LogP contribution in [0.25, 0.3) is 0 Å². The van der Waals surface area contributed by atoms with Crippen LogP contribution in [0.1, 0.15) is 35.8 Å². The monoisotopic (exact) mass is 431 g/mol. The van der Waals surface area contributed by atoms with Crippen LogP contribution in [0.3, 0.4) is 0 Å². The molecule has 0 aliphatic rings. The van der Waals surface area contributed by atoms with E-state index in [4.69, 9.17) is 0 Å². The molecule has 0 aliphatic heterocycles. The van der Waals surface area contributed by atoms with Crippen molar-refractivity contribution in [2.75, 3.05) is 19.6 Å². The highest BCUT2D eigenvalue weighted by Crippen LogP contribution is 2.20. The molecule has 0 saturated heterocycles. The molecule has 0 radical (unpaired) electrons. The number of aryl methyl sites for hydroxylation is 1. The third kappa shape index (κ3) is 7.30. The van der Waals surface area contributed by atoms with Crippen LogP contribution in [-0.4, -0.2) is 41.4 Å². The predicted octanol–water partition coefficient (Wildman–Crippen LogP) is 4.72. The van der Waals surface area contributed by atoms with Crippen LogP contribution in [0.5, 0.6) is 0 Å². The first-order valence-corrected chi connectivity index (χ1v) is 11.0. The highest BCUT2D eigenvalue weighted by atomic mass is 32.1. The van der Waals surface area contributed by atoms with Gasteiger partial charge in [-0.2, -0.15) is 0 Å². The maximum Gasteiger partial charge on any atom is 0.318 e. The maximum absolute atomic E-state index is 13.3. The van der Waals surface area contributed by atoms with Gasteiger partial charge in [0.2, 0.25) is 5.91 Å². The number of nitrogens with zero attached hydrogens (tertiary/aromatic N) is 2. The molecule has 5 nitrogen and oxygen atoms in total. The summed E-state index contributed by atoms with van der Waals surface area (Å²) in [4.78, 5) is 29.9. The van der Waals surface area contributed by atoms with Crippen LogP contribution < -0.4 is 5.32 Å². The Labute approximate surface area is 182 Å². The molecule has 162 valence electrons. The zero-order chi connectivity index (χ0) is 21.9. The van der Waals surface area contributed by atoms with Crippen molar-refractivity contribution in [3.63, 3.8) is 0 Å². The van der Waals surface area contributed by atoms with Crippen LogP contribution >= 0.6 is 11.3 Å². The molecule has 2 aromatic rings. The summed E-state index contributed by atoms with van der Waals surface area (Å²) in [7, 11) is 0. The van der Waals surface area contributed by atoms with Gasteiger partial charge in [0.1, 0.15) is 12.4 Å². The molecule has 1 N–H and O–H groups in total. The number of nitrogens with one attached hydrogen (secondary N) is 1. The van der Waals surface area contributed by atoms with Crippen molar-refractivity contribution >= 4 is 23.3 Å². The number of thiophene rings is 1. The van der Waals surface area contributed by atoms with E-state index < -0.39 is 0 Å². The lowest BCUT2D eigenvalue weighted by Crippen LogP contribution is -2.46. The van der Waals surface area contributed by atoms with Gasteiger partial charge >= 0.3 is 6.03 Å². The van der Waals surface area contributed by atoms with Crippen LogP contribution in [0.15, 0.2) is 48.4 Å². The van der Waals surface area contributed by atoms with E-state index in [1.807, 2.05) is 18.4 Å². The summed E-state index contributed by atoms with van der Waals surface area (Å²) < 4.78 is 13.3. The summed E-state index contributed by atoms with van der Waals surface area (Å²) in [5.41, 5.74) is 1.96. The zero-order valence-electron chi connectivity index (χ0n) is 17.7. The third-order valence-electron chi connectivity index (χ3n) is 4.71. The van der Waals surface area contributed by atoms with Crippen molar-refractivity contribution in [2.45, 2.75) is 39.8 Å². The molecule has 1 aromatic carbocycles. The first-order valence-electron chi connectivity index (χ1n) is 10.1. The predicted molar refractivity (Wildman–Crippen MR) is 120 cm³/mol. The fraction of sp³-hybridized carbons (Fsp3) is 0.391. The first-order chi connectivity index (χ1) is 14.4. The van der Waals surface area contributed by atoms with Gasteiger partial charge in [-0.15, -0.1) is 17.9 Å². The number of halogens is 1. The highest BCUT2D eigenvalue weighted by molar-refractivity contribution is 7.10. The van der Waals surface area contributed by atoms with Gasteiger partial charge < -0.3 is 15.1 Å². The Bertz CT molecular complexity index is 835. The molecular weight excluding hydrogens is 401 g/mol. The lowest BCUT2D eigenvalue weighted by molar-refractivity contribution is -0.133. The Balaban J connectivity index is 2.14. The van der Waals surface area contributed by atoms with E-state index in [1.165, 1.54) is 17.0 Å². The van der Waals surface area contributed by atoms with Gasteiger partial charge in [0, 0.05) is 24.5 Å². The van der Waals surface area contributed by atoms with E-state index in [-0.39, 0.29) is 30.8 Å². The van der Waals surface area contributed by atoms with Gasteiger partial charge in [0.25, 0.3) is 0 Å². The second-order valence-electron chi connectivity index (χ2n) is 7.16. The Morgan fingerprint density at radius 2 is 1.90 bits per heavy atom. The number of urea groups is 1. The second-order valence-corrected chi connectivity index (χ2v) is 8.16. The normalized spacial score (nSPS) is 10.5. The molecular formula is C23H30FN3O2S. The van der Waals surface area contributed by atoms with Crippen LogP contribution in [0, 0.1) is 12.7 Å². The Morgan fingerprint density at radius 3 is 2.50 bits per heavy atom. The summed E-state index contributed by atoms with van der Waals surface area (Å²) in [5, 5.41) is 4.85. The van der Waals surface area contributed by atoms with Crippen molar-refractivity contribution in [1.29, 1.82) is 0 Å². The van der Waals surface area contributed by atoms with Crippen LogP contribution in [0.4, 0.5) is 9.18 Å². The summed E-state index contributed by atoms with van der Waals surface area (Å²) in [5.74, 6) is -0.480. The van der Waals surface area contributed by atoms with Gasteiger partial charge in [-0.25, -0.2) is 9.18 Å².